The minimum absolute atomic E-state index is 0.00874. The lowest BCUT2D eigenvalue weighted by atomic mass is 9.43. The minimum atomic E-state index is -0.905. The van der Waals surface area contributed by atoms with Crippen LogP contribution in [0.5, 0.6) is 5.75 Å². The van der Waals surface area contributed by atoms with Gasteiger partial charge in [0.15, 0.2) is 6.29 Å². The van der Waals surface area contributed by atoms with Crippen molar-refractivity contribution in [3.63, 3.8) is 0 Å². The summed E-state index contributed by atoms with van der Waals surface area (Å²) in [6, 6.07) is 8.04. The number of unbranched alkanes of at least 4 members (excludes halogenated alkanes) is 8. The van der Waals surface area contributed by atoms with E-state index in [0.717, 1.165) is 120 Å². The molecule has 1 aromatic carbocycles. The predicted molar refractivity (Wildman–Crippen MR) is 224 cm³/mol. The highest BCUT2D eigenvalue weighted by Gasteiger charge is 2.74. The zero-order valence-corrected chi connectivity index (χ0v) is 36.8. The van der Waals surface area contributed by atoms with Crippen molar-refractivity contribution in [1.29, 1.82) is 0 Å². The Morgan fingerprint density at radius 2 is 1.52 bits per heavy atom. The molecule has 11 heteroatoms. The monoisotopic (exact) mass is 834 g/mol. The van der Waals surface area contributed by atoms with Gasteiger partial charge in [-0.2, -0.15) is 0 Å². The molecule has 10 atom stereocenters. The fraction of sp³-hybridized carbons (Fsp3) is 0.755. The Bertz CT molecular complexity index is 1700. The summed E-state index contributed by atoms with van der Waals surface area (Å²) in [4.78, 5) is 48.7. The Balaban J connectivity index is 0.851. The molecule has 0 N–H and O–H groups in total. The third-order valence-corrected chi connectivity index (χ3v) is 15.6. The molecular formula is C49H70O11. The second-order valence-corrected chi connectivity index (χ2v) is 19.7. The van der Waals surface area contributed by atoms with Crippen LogP contribution in [-0.2, 0) is 42.8 Å². The second kappa shape index (κ2) is 19.3. The molecule has 7 rings (SSSR count). The first-order valence-corrected chi connectivity index (χ1v) is 23.3. The maximum atomic E-state index is 13.1. The van der Waals surface area contributed by atoms with Gasteiger partial charge < -0.3 is 33.2 Å². The molecule has 0 aromatic heterocycles. The molecule has 2 heterocycles. The highest BCUT2D eigenvalue weighted by Crippen LogP contribution is 2.73. The summed E-state index contributed by atoms with van der Waals surface area (Å²) in [6.07, 6.45) is 18.1. The number of methoxy groups -OCH3 is 1. The van der Waals surface area contributed by atoms with E-state index in [1.165, 1.54) is 0 Å². The summed E-state index contributed by atoms with van der Waals surface area (Å²) in [5.41, 5.74) is 1.61. The van der Waals surface area contributed by atoms with E-state index in [1.807, 2.05) is 26.0 Å². The van der Waals surface area contributed by atoms with E-state index in [9.17, 15) is 19.2 Å². The van der Waals surface area contributed by atoms with Gasteiger partial charge in [0.25, 0.3) is 0 Å². The maximum absolute atomic E-state index is 13.1. The molecule has 0 amide bonds. The highest BCUT2D eigenvalue weighted by atomic mass is 16.7. The Hall–Kier alpha value is -3.44. The minimum Gasteiger partial charge on any atom is -0.497 e. The van der Waals surface area contributed by atoms with Crippen molar-refractivity contribution in [2.24, 2.45) is 40.4 Å². The van der Waals surface area contributed by atoms with Gasteiger partial charge in [-0.25, -0.2) is 9.59 Å². The first kappa shape index (κ1) is 44.6. The quantitative estimate of drug-likeness (QED) is 0.0606. The molecule has 4 saturated carbocycles. The molecule has 2 bridgehead atoms. The van der Waals surface area contributed by atoms with Gasteiger partial charge in [0, 0.05) is 42.2 Å². The molecule has 1 saturated heterocycles. The second-order valence-electron chi connectivity index (χ2n) is 19.7. The van der Waals surface area contributed by atoms with Crippen LogP contribution in [0.1, 0.15) is 162 Å². The van der Waals surface area contributed by atoms with Crippen molar-refractivity contribution >= 4 is 24.1 Å². The van der Waals surface area contributed by atoms with Crippen LogP contribution >= 0.6 is 0 Å². The van der Waals surface area contributed by atoms with Crippen LogP contribution in [0, 0.1) is 40.4 Å². The molecule has 1 spiro atoms. The van der Waals surface area contributed by atoms with Gasteiger partial charge in [0.1, 0.15) is 18.5 Å². The molecule has 11 nitrogen and oxygen atoms in total. The average Bonchev–Trinajstić information content (AvgIpc) is 3.72. The van der Waals surface area contributed by atoms with E-state index >= 15 is 0 Å². The number of hydrogen-bond acceptors (Lipinski definition) is 11. The Morgan fingerprint density at radius 3 is 2.17 bits per heavy atom. The molecule has 0 radical (unpaired) electrons. The van der Waals surface area contributed by atoms with E-state index < -0.39 is 18.4 Å². The van der Waals surface area contributed by atoms with Crippen molar-refractivity contribution in [3.8, 4) is 5.75 Å². The molecule has 2 aliphatic heterocycles. The number of cyclic esters (lactones) is 1. The zero-order chi connectivity index (χ0) is 42.5. The van der Waals surface area contributed by atoms with E-state index in [1.54, 1.807) is 13.2 Å². The lowest BCUT2D eigenvalue weighted by Gasteiger charge is -2.65. The summed E-state index contributed by atoms with van der Waals surface area (Å²) in [7, 11) is 1.68. The first-order valence-electron chi connectivity index (χ1n) is 23.3. The number of carbonyl (C=O) groups excluding carboxylic acids is 4. The fourth-order valence-electron chi connectivity index (χ4n) is 12.6. The lowest BCUT2D eigenvalue weighted by molar-refractivity contribution is -0.319. The van der Waals surface area contributed by atoms with Gasteiger partial charge in [-0.3, -0.25) is 9.59 Å². The first-order chi connectivity index (χ1) is 28.8. The summed E-state index contributed by atoms with van der Waals surface area (Å²) >= 11 is 0. The summed E-state index contributed by atoms with van der Waals surface area (Å²) in [5.74, 6) is 1.60. The Kier molecular flexibility index (Phi) is 14.4. The smallest absolute Gasteiger partial charge is 0.497 e. The maximum Gasteiger partial charge on any atom is 0.516 e. The predicted octanol–water partition coefficient (Wildman–Crippen LogP) is 10.5. The van der Waals surface area contributed by atoms with Crippen LogP contribution in [0.2, 0.25) is 0 Å². The standard InChI is InChI=1S/C49H70O11/c1-32(2)30-56-46(53)59-42(51)16-14-12-10-8-6-7-9-11-13-15-41(50)57-37-23-25-47(3)35(28-37)19-22-39-38(47)24-26-48(4)44(34-27-43(52)55-31-34)40-29-49(39,48)60-45(58-40)33-17-20-36(54-5)21-18-33/h17-18,20-21,27,32,35,37-40,44-45H,6-16,19,22-26,28-31H2,1-5H3/t35-,37+,38+,39-,40+,44+,45?,47+,48-,49+/m1/s1. The van der Waals surface area contributed by atoms with Gasteiger partial charge in [-0.1, -0.05) is 84.8 Å². The van der Waals surface area contributed by atoms with E-state index in [2.05, 4.69) is 26.0 Å². The Morgan fingerprint density at radius 1 is 0.833 bits per heavy atom. The number of carbonyl (C=O) groups is 4. The Labute approximate surface area is 357 Å². The van der Waals surface area contributed by atoms with Crippen LogP contribution in [0.15, 0.2) is 35.9 Å². The third kappa shape index (κ3) is 9.47. The molecular weight excluding hydrogens is 765 g/mol. The van der Waals surface area contributed by atoms with Crippen molar-refractivity contribution in [1.82, 2.24) is 0 Å². The average molecular weight is 835 g/mol. The number of rotatable bonds is 18. The third-order valence-electron chi connectivity index (χ3n) is 15.6. The van der Waals surface area contributed by atoms with Crippen LogP contribution < -0.4 is 4.74 Å². The van der Waals surface area contributed by atoms with Crippen molar-refractivity contribution in [2.75, 3.05) is 20.3 Å². The van der Waals surface area contributed by atoms with Crippen molar-refractivity contribution < 1.29 is 52.3 Å². The molecule has 1 unspecified atom stereocenters. The van der Waals surface area contributed by atoms with Gasteiger partial charge in [-0.15, -0.1) is 0 Å². The summed E-state index contributed by atoms with van der Waals surface area (Å²) in [6.45, 7) is 9.35. The molecule has 332 valence electrons. The van der Waals surface area contributed by atoms with E-state index in [4.69, 9.17) is 33.2 Å². The molecule has 4 aliphatic carbocycles. The number of fused-ring (bicyclic) bond motifs is 4. The fourth-order valence-corrected chi connectivity index (χ4v) is 12.6. The number of hydrogen-bond donors (Lipinski definition) is 0. The van der Waals surface area contributed by atoms with Gasteiger partial charge in [0.2, 0.25) is 0 Å². The molecule has 1 aromatic rings. The molecule has 5 fully saturated rings. The van der Waals surface area contributed by atoms with Crippen molar-refractivity contribution in [2.45, 2.75) is 174 Å². The molecule has 6 aliphatic rings. The van der Waals surface area contributed by atoms with Crippen molar-refractivity contribution in [3.05, 3.63) is 41.5 Å². The largest absolute Gasteiger partial charge is 0.516 e. The SMILES string of the molecule is COc1ccc(C2O[C@H]3C[C@]4(O2)[C@@H]2CC[C@@H]5C[C@@H](OC(=O)CCCCCCCCCCCC(=O)OC(=O)OCC(C)C)CC[C@]5(C)[C@H]2CC[C@]4(C)[C@H]3C2=CC(=O)OC2)cc1. The van der Waals surface area contributed by atoms with E-state index in [-0.39, 0.29) is 65.4 Å². The topological polar surface area (TPSA) is 133 Å². The van der Waals surface area contributed by atoms with Crippen LogP contribution in [0.4, 0.5) is 4.79 Å². The highest BCUT2D eigenvalue weighted by molar-refractivity contribution is 5.85. The van der Waals surface area contributed by atoms with Crippen LogP contribution in [0.3, 0.4) is 0 Å². The van der Waals surface area contributed by atoms with Gasteiger partial charge in [0.05, 0.1) is 25.4 Å². The summed E-state index contributed by atoms with van der Waals surface area (Å²) < 4.78 is 41.0. The zero-order valence-electron chi connectivity index (χ0n) is 36.8. The van der Waals surface area contributed by atoms with Crippen LogP contribution in [0.25, 0.3) is 0 Å². The van der Waals surface area contributed by atoms with Gasteiger partial charge in [-0.05, 0) is 105 Å². The van der Waals surface area contributed by atoms with Crippen LogP contribution in [-0.4, -0.2) is 62.2 Å². The molecule has 60 heavy (non-hydrogen) atoms. The summed E-state index contributed by atoms with van der Waals surface area (Å²) in [5, 5.41) is 0. The number of esters is 3. The number of benzene rings is 1. The van der Waals surface area contributed by atoms with Gasteiger partial charge >= 0.3 is 24.1 Å². The normalized spacial score (nSPS) is 34.1. The lowest BCUT2D eigenvalue weighted by Crippen LogP contribution is -2.63. The van der Waals surface area contributed by atoms with E-state index in [0.29, 0.717) is 37.2 Å². The number of ether oxygens (including phenoxy) is 7.